The maximum absolute atomic E-state index is 4.24. The van der Waals surface area contributed by atoms with Crippen molar-refractivity contribution < 1.29 is 0 Å². The van der Waals surface area contributed by atoms with Gasteiger partial charge in [0.05, 0.1) is 6.54 Å². The molecule has 2 rings (SSSR count). The summed E-state index contributed by atoms with van der Waals surface area (Å²) in [6.07, 6.45) is 3.26. The standard InChI is InChI=1S/C8H12N2/c1-10-3-2-7-4-9-5-8(7)6-10/h5H,2-4,6H2,1H3. The van der Waals surface area contributed by atoms with Crippen molar-refractivity contribution in [2.24, 2.45) is 4.99 Å². The normalized spacial score (nSPS) is 25.7. The topological polar surface area (TPSA) is 15.6 Å². The van der Waals surface area contributed by atoms with Crippen LogP contribution in [0.15, 0.2) is 16.1 Å². The summed E-state index contributed by atoms with van der Waals surface area (Å²) < 4.78 is 0. The Morgan fingerprint density at radius 3 is 3.40 bits per heavy atom. The Balaban J connectivity index is 2.19. The minimum Gasteiger partial charge on any atom is -0.302 e. The molecular weight excluding hydrogens is 124 g/mol. The van der Waals surface area contributed by atoms with Crippen LogP contribution in [-0.2, 0) is 0 Å². The lowest BCUT2D eigenvalue weighted by atomic mass is 10.0. The van der Waals surface area contributed by atoms with Gasteiger partial charge in [0.15, 0.2) is 0 Å². The van der Waals surface area contributed by atoms with Gasteiger partial charge in [-0.25, -0.2) is 0 Å². The summed E-state index contributed by atoms with van der Waals surface area (Å²) in [7, 11) is 2.16. The lowest BCUT2D eigenvalue weighted by molar-refractivity contribution is 0.355. The van der Waals surface area contributed by atoms with E-state index >= 15 is 0 Å². The van der Waals surface area contributed by atoms with Crippen molar-refractivity contribution in [1.82, 2.24) is 4.90 Å². The number of likely N-dealkylation sites (N-methyl/N-ethyl adjacent to an activating group) is 1. The van der Waals surface area contributed by atoms with Crippen molar-refractivity contribution in [3.63, 3.8) is 0 Å². The first kappa shape index (κ1) is 6.10. The highest BCUT2D eigenvalue weighted by Gasteiger charge is 2.16. The van der Waals surface area contributed by atoms with Crippen LogP contribution in [0.25, 0.3) is 0 Å². The van der Waals surface area contributed by atoms with Gasteiger partial charge in [0.2, 0.25) is 0 Å². The molecule has 0 amide bonds. The van der Waals surface area contributed by atoms with E-state index in [-0.39, 0.29) is 0 Å². The third-order valence-corrected chi connectivity index (χ3v) is 2.22. The summed E-state index contributed by atoms with van der Waals surface area (Å²) in [6, 6.07) is 0. The summed E-state index contributed by atoms with van der Waals surface area (Å²) in [5, 5.41) is 0. The maximum Gasteiger partial charge on any atom is 0.0606 e. The molecule has 10 heavy (non-hydrogen) atoms. The molecule has 0 saturated carbocycles. The molecule has 0 aliphatic carbocycles. The van der Waals surface area contributed by atoms with Gasteiger partial charge >= 0.3 is 0 Å². The lowest BCUT2D eigenvalue weighted by Gasteiger charge is -2.22. The van der Waals surface area contributed by atoms with E-state index < -0.39 is 0 Å². The van der Waals surface area contributed by atoms with Gasteiger partial charge in [-0.05, 0) is 24.6 Å². The molecule has 2 aliphatic rings. The quantitative estimate of drug-likeness (QED) is 0.478. The minimum absolute atomic E-state index is 0.975. The molecule has 0 aromatic carbocycles. The van der Waals surface area contributed by atoms with Gasteiger partial charge in [-0.3, -0.25) is 4.99 Å². The zero-order valence-electron chi connectivity index (χ0n) is 6.30. The SMILES string of the molecule is CN1CCC2=C(C=NC2)C1. The fourth-order valence-electron chi connectivity index (χ4n) is 1.55. The first-order chi connectivity index (χ1) is 4.86. The van der Waals surface area contributed by atoms with Crippen LogP contribution in [-0.4, -0.2) is 37.8 Å². The minimum atomic E-state index is 0.975. The average Bonchev–Trinajstić information content (AvgIpc) is 2.33. The van der Waals surface area contributed by atoms with Crippen LogP contribution in [0.3, 0.4) is 0 Å². The molecular formula is C8H12N2. The number of aliphatic imine (C=N–C) groups is 1. The molecule has 2 heterocycles. The van der Waals surface area contributed by atoms with E-state index in [9.17, 15) is 0 Å². The summed E-state index contributed by atoms with van der Waals surface area (Å²) in [5.41, 5.74) is 3.03. The average molecular weight is 136 g/mol. The van der Waals surface area contributed by atoms with Crippen LogP contribution in [0.5, 0.6) is 0 Å². The van der Waals surface area contributed by atoms with E-state index in [2.05, 4.69) is 16.9 Å². The maximum atomic E-state index is 4.24. The smallest absolute Gasteiger partial charge is 0.0606 e. The predicted octanol–water partition coefficient (Wildman–Crippen LogP) is 0.703. The predicted molar refractivity (Wildman–Crippen MR) is 42.5 cm³/mol. The van der Waals surface area contributed by atoms with Gasteiger partial charge in [0.25, 0.3) is 0 Å². The van der Waals surface area contributed by atoms with Crippen LogP contribution in [0.2, 0.25) is 0 Å². The highest BCUT2D eigenvalue weighted by molar-refractivity contribution is 5.83. The van der Waals surface area contributed by atoms with Crippen molar-refractivity contribution in [3.05, 3.63) is 11.1 Å². The van der Waals surface area contributed by atoms with Gasteiger partial charge in [-0.15, -0.1) is 0 Å². The monoisotopic (exact) mass is 136 g/mol. The third-order valence-electron chi connectivity index (χ3n) is 2.22. The van der Waals surface area contributed by atoms with E-state index in [1.165, 1.54) is 18.5 Å². The van der Waals surface area contributed by atoms with Crippen molar-refractivity contribution >= 4 is 6.21 Å². The molecule has 0 bridgehead atoms. The van der Waals surface area contributed by atoms with E-state index in [1.807, 2.05) is 6.21 Å². The first-order valence-corrected chi connectivity index (χ1v) is 3.75. The van der Waals surface area contributed by atoms with Crippen LogP contribution in [0.4, 0.5) is 0 Å². The summed E-state index contributed by atoms with van der Waals surface area (Å²) in [6.45, 7) is 3.30. The molecule has 0 aromatic rings. The Labute approximate surface area is 61.2 Å². The number of hydrogen-bond donors (Lipinski definition) is 0. The first-order valence-electron chi connectivity index (χ1n) is 3.75. The molecule has 54 valence electrons. The van der Waals surface area contributed by atoms with Gasteiger partial charge in [-0.2, -0.15) is 0 Å². The van der Waals surface area contributed by atoms with Crippen molar-refractivity contribution in [3.8, 4) is 0 Å². The molecule has 0 radical (unpaired) electrons. The van der Waals surface area contributed by atoms with Crippen molar-refractivity contribution in [2.45, 2.75) is 6.42 Å². The molecule has 0 unspecified atom stereocenters. The Kier molecular flexibility index (Phi) is 1.34. The Bertz CT molecular complexity index is 203. The van der Waals surface area contributed by atoms with Crippen molar-refractivity contribution in [2.75, 3.05) is 26.7 Å². The van der Waals surface area contributed by atoms with Crippen LogP contribution in [0.1, 0.15) is 6.42 Å². The molecule has 0 N–H and O–H groups in total. The third kappa shape index (κ3) is 0.886. The fourth-order valence-corrected chi connectivity index (χ4v) is 1.55. The zero-order valence-corrected chi connectivity index (χ0v) is 6.30. The van der Waals surface area contributed by atoms with E-state index in [0.29, 0.717) is 0 Å². The van der Waals surface area contributed by atoms with E-state index in [0.717, 1.165) is 13.1 Å². The zero-order chi connectivity index (χ0) is 6.97. The lowest BCUT2D eigenvalue weighted by Crippen LogP contribution is -2.27. The molecule has 0 fully saturated rings. The second kappa shape index (κ2) is 2.20. The highest BCUT2D eigenvalue weighted by atomic mass is 15.1. The Hall–Kier alpha value is -0.630. The van der Waals surface area contributed by atoms with Gasteiger partial charge < -0.3 is 4.90 Å². The highest BCUT2D eigenvalue weighted by Crippen LogP contribution is 2.19. The van der Waals surface area contributed by atoms with Crippen LogP contribution in [0, 0.1) is 0 Å². The molecule has 2 heteroatoms. The molecule has 0 saturated heterocycles. The van der Waals surface area contributed by atoms with Gasteiger partial charge in [-0.1, -0.05) is 0 Å². The molecule has 0 atom stereocenters. The second-order valence-electron chi connectivity index (χ2n) is 3.09. The molecule has 2 nitrogen and oxygen atoms in total. The fraction of sp³-hybridized carbons (Fsp3) is 0.625. The second-order valence-corrected chi connectivity index (χ2v) is 3.09. The Morgan fingerprint density at radius 1 is 1.60 bits per heavy atom. The van der Waals surface area contributed by atoms with Gasteiger partial charge in [0.1, 0.15) is 0 Å². The van der Waals surface area contributed by atoms with E-state index in [1.54, 1.807) is 5.57 Å². The number of hydrogen-bond acceptors (Lipinski definition) is 2. The molecule has 0 aromatic heterocycles. The number of nitrogens with zero attached hydrogens (tertiary/aromatic N) is 2. The largest absolute Gasteiger partial charge is 0.302 e. The van der Waals surface area contributed by atoms with Crippen molar-refractivity contribution in [1.29, 1.82) is 0 Å². The number of rotatable bonds is 0. The van der Waals surface area contributed by atoms with Gasteiger partial charge in [0, 0.05) is 19.3 Å². The van der Waals surface area contributed by atoms with E-state index in [4.69, 9.17) is 0 Å². The molecule has 2 aliphatic heterocycles. The molecule has 0 spiro atoms. The van der Waals surface area contributed by atoms with Crippen LogP contribution >= 0.6 is 0 Å². The Morgan fingerprint density at radius 2 is 2.50 bits per heavy atom. The summed E-state index contributed by atoms with van der Waals surface area (Å²) in [5.74, 6) is 0. The summed E-state index contributed by atoms with van der Waals surface area (Å²) in [4.78, 5) is 6.58. The summed E-state index contributed by atoms with van der Waals surface area (Å²) >= 11 is 0. The van der Waals surface area contributed by atoms with Crippen LogP contribution < -0.4 is 0 Å².